The first-order valence-corrected chi connectivity index (χ1v) is 5.71. The first-order chi connectivity index (χ1) is 8.20. The second kappa shape index (κ2) is 5.95. The van der Waals surface area contributed by atoms with Crippen molar-refractivity contribution in [3.8, 4) is 0 Å². The lowest BCUT2D eigenvalue weighted by molar-refractivity contribution is 0.0526. The lowest BCUT2D eigenvalue weighted by Gasteiger charge is -2.00. The van der Waals surface area contributed by atoms with E-state index in [0.29, 0.717) is 17.3 Å². The van der Waals surface area contributed by atoms with E-state index in [9.17, 15) is 4.79 Å². The molecule has 1 aromatic heterocycles. The summed E-state index contributed by atoms with van der Waals surface area (Å²) in [4.78, 5) is 15.5. The third-order valence-corrected chi connectivity index (χ3v) is 2.76. The summed E-state index contributed by atoms with van der Waals surface area (Å²) in [6.07, 6.45) is 0. The van der Waals surface area contributed by atoms with Gasteiger partial charge in [-0.2, -0.15) is 0 Å². The van der Waals surface area contributed by atoms with Crippen molar-refractivity contribution < 1.29 is 9.53 Å². The third-order valence-electron chi connectivity index (χ3n) is 1.92. The van der Waals surface area contributed by atoms with Crippen molar-refractivity contribution in [1.82, 2.24) is 4.98 Å². The molecule has 0 saturated carbocycles. The first-order valence-electron chi connectivity index (χ1n) is 4.89. The highest BCUT2D eigenvalue weighted by atomic mass is 32.1. The second-order valence-electron chi connectivity index (χ2n) is 2.96. The fourth-order valence-electron chi connectivity index (χ4n) is 1.28. The number of carbonyl (C=O) groups is 1. The number of rotatable bonds is 2. The molecule has 5 nitrogen and oxygen atoms in total. The predicted molar refractivity (Wildman–Crippen MR) is 69.8 cm³/mol. The minimum absolute atomic E-state index is 0.314. The van der Waals surface area contributed by atoms with Crippen LogP contribution in [0, 0.1) is 5.41 Å². The molecule has 0 saturated heterocycles. The minimum Gasteiger partial charge on any atom is -0.462 e. The quantitative estimate of drug-likeness (QED) is 0.633. The summed E-state index contributed by atoms with van der Waals surface area (Å²) in [5.41, 5.74) is 6.91. The van der Waals surface area contributed by atoms with Gasteiger partial charge < -0.3 is 15.9 Å². The van der Waals surface area contributed by atoms with Crippen molar-refractivity contribution in [3.05, 3.63) is 23.8 Å². The van der Waals surface area contributed by atoms with Crippen LogP contribution in [0.3, 0.4) is 0 Å². The lowest BCUT2D eigenvalue weighted by Crippen LogP contribution is -2.03. The smallest absolute Gasteiger partial charge is 0.338 e. The van der Waals surface area contributed by atoms with Crippen LogP contribution in [0.2, 0.25) is 0 Å². The van der Waals surface area contributed by atoms with Gasteiger partial charge >= 0.3 is 5.97 Å². The molecule has 3 N–H and O–H groups in total. The van der Waals surface area contributed by atoms with Gasteiger partial charge in [-0.15, -0.1) is 0 Å². The van der Waals surface area contributed by atoms with Gasteiger partial charge in [0.05, 0.1) is 22.4 Å². The average Bonchev–Trinajstić information content (AvgIpc) is 2.71. The number of nitrogens with zero attached hydrogens (tertiary/aromatic N) is 1. The van der Waals surface area contributed by atoms with Gasteiger partial charge in [-0.25, -0.2) is 9.78 Å². The molecule has 0 bridgehead atoms. The van der Waals surface area contributed by atoms with Gasteiger partial charge in [-0.3, -0.25) is 0 Å². The van der Waals surface area contributed by atoms with Crippen molar-refractivity contribution in [1.29, 1.82) is 5.41 Å². The summed E-state index contributed by atoms with van der Waals surface area (Å²) < 4.78 is 5.80. The molecule has 0 aliphatic carbocycles. The highest BCUT2D eigenvalue weighted by Gasteiger charge is 2.08. The number of thiazole rings is 1. The summed E-state index contributed by atoms with van der Waals surface area (Å²) in [7, 11) is 0. The zero-order valence-corrected chi connectivity index (χ0v) is 10.2. The molecule has 0 fully saturated rings. The van der Waals surface area contributed by atoms with Crippen molar-refractivity contribution in [2.24, 2.45) is 0 Å². The largest absolute Gasteiger partial charge is 0.462 e. The normalized spacial score (nSPS) is 9.47. The maximum absolute atomic E-state index is 11.4. The van der Waals surface area contributed by atoms with Gasteiger partial charge in [0.1, 0.15) is 0 Å². The van der Waals surface area contributed by atoms with Crippen molar-refractivity contribution in [2.45, 2.75) is 6.92 Å². The standard InChI is InChI=1S/C10H10N2O2S.CH3N/c1-2-14-9(13)6-3-4-7-8(5-6)15-10(11)12-7;1-2/h3-5H,2H2,1H3,(H2,11,12);2H,1H2. The van der Waals surface area contributed by atoms with Crippen LogP contribution < -0.4 is 5.73 Å². The lowest BCUT2D eigenvalue weighted by atomic mass is 10.2. The van der Waals surface area contributed by atoms with Crippen LogP contribution in [-0.2, 0) is 4.74 Å². The summed E-state index contributed by atoms with van der Waals surface area (Å²) in [5, 5.41) is 6.01. The molecule has 0 spiro atoms. The fraction of sp³-hybridized carbons (Fsp3) is 0.182. The van der Waals surface area contributed by atoms with Crippen LogP contribution in [0.1, 0.15) is 17.3 Å². The number of hydrogen-bond donors (Lipinski definition) is 2. The number of nitrogen functional groups attached to an aromatic ring is 1. The molecule has 1 heterocycles. The summed E-state index contributed by atoms with van der Waals surface area (Å²) in [6.45, 7) is 4.66. The van der Waals surface area contributed by atoms with Crippen LogP contribution in [0.5, 0.6) is 0 Å². The predicted octanol–water partition coefficient (Wildman–Crippen LogP) is 2.32. The van der Waals surface area contributed by atoms with Crippen molar-refractivity contribution in [3.63, 3.8) is 0 Å². The number of carbonyl (C=O) groups excluding carboxylic acids is 1. The topological polar surface area (TPSA) is 89.1 Å². The van der Waals surface area contributed by atoms with Gasteiger partial charge in [0.25, 0.3) is 0 Å². The highest BCUT2D eigenvalue weighted by Crippen LogP contribution is 2.24. The van der Waals surface area contributed by atoms with E-state index >= 15 is 0 Å². The Morgan fingerprint density at radius 1 is 1.59 bits per heavy atom. The molecule has 0 atom stereocenters. The van der Waals surface area contributed by atoms with E-state index in [1.54, 1.807) is 25.1 Å². The van der Waals surface area contributed by atoms with Gasteiger partial charge in [0, 0.05) is 0 Å². The molecule has 0 aliphatic heterocycles. The maximum Gasteiger partial charge on any atom is 0.338 e. The number of hydrogen-bond acceptors (Lipinski definition) is 6. The van der Waals surface area contributed by atoms with E-state index in [-0.39, 0.29) is 5.97 Å². The molecule has 2 rings (SSSR count). The summed E-state index contributed by atoms with van der Waals surface area (Å²) in [6, 6.07) is 5.22. The van der Waals surface area contributed by atoms with E-state index in [4.69, 9.17) is 15.9 Å². The number of benzene rings is 1. The van der Waals surface area contributed by atoms with Gasteiger partial charge in [-0.1, -0.05) is 11.3 Å². The zero-order chi connectivity index (χ0) is 12.8. The summed E-state index contributed by atoms with van der Waals surface area (Å²) >= 11 is 1.36. The van der Waals surface area contributed by atoms with Crippen LogP contribution in [-0.4, -0.2) is 24.3 Å². The van der Waals surface area contributed by atoms with Crippen LogP contribution in [0.25, 0.3) is 10.2 Å². The van der Waals surface area contributed by atoms with Gasteiger partial charge in [0.15, 0.2) is 5.13 Å². The number of nitrogens with one attached hydrogen (secondary N) is 1. The van der Waals surface area contributed by atoms with Crippen LogP contribution in [0.4, 0.5) is 5.13 Å². The number of esters is 1. The zero-order valence-electron chi connectivity index (χ0n) is 9.40. The van der Waals surface area contributed by atoms with Gasteiger partial charge in [-0.05, 0) is 31.8 Å². The molecule has 90 valence electrons. The Morgan fingerprint density at radius 3 is 2.94 bits per heavy atom. The van der Waals surface area contributed by atoms with Crippen LogP contribution >= 0.6 is 11.3 Å². The number of aromatic nitrogens is 1. The van der Waals surface area contributed by atoms with Crippen molar-refractivity contribution in [2.75, 3.05) is 12.3 Å². The molecule has 1 aromatic carbocycles. The van der Waals surface area contributed by atoms with Crippen LogP contribution in [0.15, 0.2) is 18.2 Å². The molecule has 2 aromatic rings. The Labute approximate surface area is 103 Å². The van der Waals surface area contributed by atoms with E-state index in [0.717, 1.165) is 10.2 Å². The van der Waals surface area contributed by atoms with Gasteiger partial charge in [0.2, 0.25) is 0 Å². The summed E-state index contributed by atoms with van der Waals surface area (Å²) in [5.74, 6) is -0.314. The molecule has 0 radical (unpaired) electrons. The number of nitrogens with two attached hydrogens (primary N) is 1. The minimum atomic E-state index is -0.314. The van der Waals surface area contributed by atoms with E-state index < -0.39 is 0 Å². The average molecular weight is 251 g/mol. The molecular weight excluding hydrogens is 238 g/mol. The number of ether oxygens (including phenoxy) is 1. The fourth-order valence-corrected chi connectivity index (χ4v) is 2.06. The molecule has 6 heteroatoms. The SMILES string of the molecule is C=N.CCOC(=O)c1ccc2nc(N)sc2c1. The Hall–Kier alpha value is -1.95. The Morgan fingerprint density at radius 2 is 2.29 bits per heavy atom. The monoisotopic (exact) mass is 251 g/mol. The van der Waals surface area contributed by atoms with E-state index in [2.05, 4.69) is 11.7 Å². The highest BCUT2D eigenvalue weighted by molar-refractivity contribution is 7.22. The number of anilines is 1. The van der Waals surface area contributed by atoms with E-state index in [1.807, 2.05) is 0 Å². The van der Waals surface area contributed by atoms with Crippen molar-refractivity contribution >= 4 is 39.4 Å². The molecule has 0 aliphatic rings. The molecule has 0 amide bonds. The molecular formula is C11H13N3O2S. The Bertz CT molecular complexity index is 524. The first kappa shape index (κ1) is 13.1. The number of fused-ring (bicyclic) bond motifs is 1. The maximum atomic E-state index is 11.4. The van der Waals surface area contributed by atoms with E-state index in [1.165, 1.54) is 11.3 Å². The third kappa shape index (κ3) is 3.01. The Balaban J connectivity index is 0.000000686. The Kier molecular flexibility index (Phi) is 4.59. The molecule has 0 unspecified atom stereocenters. The molecule has 17 heavy (non-hydrogen) atoms. The second-order valence-corrected chi connectivity index (χ2v) is 4.02.